The average molecular weight is 884 g/mol. The number of ether oxygens (including phenoxy) is 1. The van der Waals surface area contributed by atoms with Crippen molar-refractivity contribution in [2.45, 2.75) is 59.3 Å². The molecule has 5 nitrogen and oxygen atoms in total. The first-order chi connectivity index (χ1) is 32.9. The topological polar surface area (TPSA) is 35.9 Å². The molecule has 0 radical (unpaired) electrons. The van der Waals surface area contributed by atoms with Crippen LogP contribution in [0, 0.1) is 6.92 Å². The highest BCUT2D eigenvalue weighted by Gasteiger charge is 2.28. The predicted molar refractivity (Wildman–Crippen MR) is 282 cm³/mol. The predicted octanol–water partition coefficient (Wildman–Crippen LogP) is 16.1. The van der Waals surface area contributed by atoms with Crippen molar-refractivity contribution < 1.29 is 9.30 Å². The van der Waals surface area contributed by atoms with Crippen molar-refractivity contribution in [1.29, 1.82) is 0 Å². The van der Waals surface area contributed by atoms with Crippen LogP contribution in [-0.4, -0.2) is 14.1 Å². The van der Waals surface area contributed by atoms with Crippen molar-refractivity contribution >= 4 is 32.8 Å². The molecule has 3 heterocycles. The molecule has 0 N–H and O–H groups in total. The Balaban J connectivity index is 1.02. The van der Waals surface area contributed by atoms with E-state index < -0.39 is 0 Å². The van der Waals surface area contributed by atoms with E-state index in [1.807, 2.05) is 18.3 Å². The van der Waals surface area contributed by atoms with Crippen LogP contribution in [0.3, 0.4) is 0 Å². The van der Waals surface area contributed by atoms with Crippen LogP contribution < -0.4 is 9.30 Å². The van der Waals surface area contributed by atoms with E-state index in [2.05, 4.69) is 250 Å². The molecule has 0 spiro atoms. The van der Waals surface area contributed by atoms with Gasteiger partial charge in [-0.2, -0.15) is 9.13 Å². The van der Waals surface area contributed by atoms with Gasteiger partial charge in [-0.1, -0.05) is 175 Å². The Kier molecular flexibility index (Phi) is 10.5. The molecule has 68 heavy (non-hydrogen) atoms. The quantitative estimate of drug-likeness (QED) is 0.143. The Morgan fingerprint density at radius 3 is 1.75 bits per heavy atom. The van der Waals surface area contributed by atoms with Crippen LogP contribution in [0.25, 0.3) is 83.4 Å². The number of aromatic nitrogens is 4. The number of benzene rings is 8. The smallest absolute Gasteiger partial charge is 0.255 e. The lowest BCUT2D eigenvalue weighted by Gasteiger charge is -2.26. The molecule has 11 rings (SSSR count). The second kappa shape index (κ2) is 16.7. The van der Waals surface area contributed by atoms with E-state index in [0.717, 1.165) is 72.8 Å². The standard InChI is InChI=1S/C63H55N4O/c1-42-34-60(64-40-55(42)44-22-12-9-13-23-44)67-56-29-15-14-26-53(56)54-33-32-50(39-59(54)67)68-49-25-18-24-48(38-49)65-41-66(58-31-17-16-30-57(58)65)61-51(43-20-10-8-11-21-43)27-19-28-52(61)45-35-46(62(2,3)4)37-47(36-45)63(5,6)7/h8-41H,1-7H3/q+1. The highest BCUT2D eigenvalue weighted by atomic mass is 16.5. The molecule has 0 amide bonds. The lowest BCUT2D eigenvalue weighted by Crippen LogP contribution is -2.31. The van der Waals surface area contributed by atoms with Crippen LogP contribution >= 0.6 is 0 Å². The van der Waals surface area contributed by atoms with Crippen LogP contribution in [0.15, 0.2) is 207 Å². The second-order valence-electron chi connectivity index (χ2n) is 20.1. The molecule has 0 bridgehead atoms. The summed E-state index contributed by atoms with van der Waals surface area (Å²) in [5, 5.41) is 2.32. The van der Waals surface area contributed by atoms with Gasteiger partial charge in [0.2, 0.25) is 0 Å². The van der Waals surface area contributed by atoms with E-state index in [9.17, 15) is 0 Å². The molecule has 332 valence electrons. The maximum absolute atomic E-state index is 6.82. The summed E-state index contributed by atoms with van der Waals surface area (Å²) >= 11 is 0. The van der Waals surface area contributed by atoms with Crippen LogP contribution in [0.2, 0.25) is 0 Å². The Bertz CT molecular complexity index is 3650. The third-order valence-corrected chi connectivity index (χ3v) is 13.4. The molecule has 0 aliphatic carbocycles. The van der Waals surface area contributed by atoms with Gasteiger partial charge in [-0.25, -0.2) is 4.98 Å². The molecule has 0 aliphatic rings. The van der Waals surface area contributed by atoms with Crippen LogP contribution in [0.5, 0.6) is 11.5 Å². The zero-order valence-corrected chi connectivity index (χ0v) is 39.8. The first-order valence-electron chi connectivity index (χ1n) is 23.6. The van der Waals surface area contributed by atoms with E-state index in [-0.39, 0.29) is 10.8 Å². The molecule has 0 atom stereocenters. The highest BCUT2D eigenvalue weighted by molar-refractivity contribution is 6.09. The molecule has 8 aromatic carbocycles. The number of pyridine rings is 1. The fourth-order valence-corrected chi connectivity index (χ4v) is 9.71. The van der Waals surface area contributed by atoms with Crippen LogP contribution in [-0.2, 0) is 10.8 Å². The van der Waals surface area contributed by atoms with E-state index in [1.165, 1.54) is 38.8 Å². The maximum Gasteiger partial charge on any atom is 0.255 e. The fraction of sp³-hybridized carbons (Fsp3) is 0.143. The molecule has 0 saturated heterocycles. The normalized spacial score (nSPS) is 12.0. The summed E-state index contributed by atoms with van der Waals surface area (Å²) in [7, 11) is 0. The highest BCUT2D eigenvalue weighted by Crippen LogP contribution is 2.40. The molecule has 0 fully saturated rings. The Morgan fingerprint density at radius 2 is 1.06 bits per heavy atom. The average Bonchev–Trinajstić information content (AvgIpc) is 3.90. The minimum absolute atomic E-state index is 0.0287. The zero-order valence-electron chi connectivity index (χ0n) is 39.8. The lowest BCUT2D eigenvalue weighted by atomic mass is 9.78. The van der Waals surface area contributed by atoms with Gasteiger partial charge in [0.25, 0.3) is 6.33 Å². The molecule has 5 heteroatoms. The largest absolute Gasteiger partial charge is 0.457 e. The van der Waals surface area contributed by atoms with Crippen molar-refractivity contribution in [3.05, 3.63) is 223 Å². The monoisotopic (exact) mass is 883 g/mol. The summed E-state index contributed by atoms with van der Waals surface area (Å²) in [6.45, 7) is 16.0. The number of fused-ring (bicyclic) bond motifs is 4. The summed E-state index contributed by atoms with van der Waals surface area (Å²) < 4.78 is 13.7. The van der Waals surface area contributed by atoms with E-state index in [0.29, 0.717) is 0 Å². The summed E-state index contributed by atoms with van der Waals surface area (Å²) in [4.78, 5) is 5.06. The number of para-hydroxylation sites is 4. The zero-order chi connectivity index (χ0) is 46.7. The van der Waals surface area contributed by atoms with Crippen molar-refractivity contribution in [2.75, 3.05) is 0 Å². The van der Waals surface area contributed by atoms with Gasteiger partial charge in [0.1, 0.15) is 28.7 Å². The number of nitrogens with zero attached hydrogens (tertiary/aromatic N) is 4. The summed E-state index contributed by atoms with van der Waals surface area (Å²) in [6.07, 6.45) is 4.24. The molecular formula is C63H55N4O+. The molecule has 0 saturated carbocycles. The number of hydrogen-bond donors (Lipinski definition) is 0. The van der Waals surface area contributed by atoms with Crippen LogP contribution in [0.4, 0.5) is 0 Å². The third kappa shape index (κ3) is 7.74. The van der Waals surface area contributed by atoms with Gasteiger partial charge in [0, 0.05) is 45.8 Å². The van der Waals surface area contributed by atoms with Gasteiger partial charge in [-0.15, -0.1) is 0 Å². The van der Waals surface area contributed by atoms with Crippen molar-refractivity contribution in [2.24, 2.45) is 0 Å². The Hall–Kier alpha value is -8.02. The van der Waals surface area contributed by atoms with Gasteiger partial charge in [-0.05, 0) is 99.7 Å². The van der Waals surface area contributed by atoms with E-state index in [4.69, 9.17) is 9.72 Å². The second-order valence-corrected chi connectivity index (χ2v) is 20.1. The Morgan fingerprint density at radius 1 is 0.471 bits per heavy atom. The molecule has 0 unspecified atom stereocenters. The van der Waals surface area contributed by atoms with Gasteiger partial charge in [0.05, 0.1) is 11.0 Å². The number of imidazole rings is 1. The lowest BCUT2D eigenvalue weighted by molar-refractivity contribution is -0.566. The minimum Gasteiger partial charge on any atom is -0.457 e. The summed E-state index contributed by atoms with van der Waals surface area (Å²) in [5.41, 5.74) is 17.2. The molecular weight excluding hydrogens is 829 g/mol. The van der Waals surface area contributed by atoms with Gasteiger partial charge < -0.3 is 4.74 Å². The first kappa shape index (κ1) is 42.6. The first-order valence-corrected chi connectivity index (χ1v) is 23.6. The summed E-state index contributed by atoms with van der Waals surface area (Å²) in [5.74, 6) is 2.36. The number of rotatable bonds is 8. The van der Waals surface area contributed by atoms with E-state index in [1.54, 1.807) is 0 Å². The van der Waals surface area contributed by atoms with Crippen molar-refractivity contribution in [1.82, 2.24) is 14.1 Å². The molecule has 0 aliphatic heterocycles. The molecule has 11 aromatic rings. The minimum atomic E-state index is -0.0287. The molecule has 3 aromatic heterocycles. The van der Waals surface area contributed by atoms with Gasteiger partial charge in [0.15, 0.2) is 11.0 Å². The number of hydrogen-bond acceptors (Lipinski definition) is 2. The SMILES string of the molecule is Cc1cc(-n2c3ccccc3c3ccc(Oc4cccc(-n5c[n+](-c6c(-c7ccccc7)cccc6-c6cc(C(C)(C)C)cc(C(C)(C)C)c6)c6ccccc65)c4)cc32)ncc1-c1ccccc1. The van der Waals surface area contributed by atoms with Crippen LogP contribution in [0.1, 0.15) is 58.2 Å². The van der Waals surface area contributed by atoms with Gasteiger partial charge in [-0.3, -0.25) is 4.57 Å². The van der Waals surface area contributed by atoms with Crippen molar-refractivity contribution in [3.8, 4) is 62.1 Å². The maximum atomic E-state index is 6.82. The Labute approximate surface area is 399 Å². The van der Waals surface area contributed by atoms with Crippen molar-refractivity contribution in [3.63, 3.8) is 0 Å². The fourth-order valence-electron chi connectivity index (χ4n) is 9.71. The number of aryl methyl sites for hydroxylation is 1. The van der Waals surface area contributed by atoms with E-state index >= 15 is 0 Å². The third-order valence-electron chi connectivity index (χ3n) is 13.4. The van der Waals surface area contributed by atoms with Gasteiger partial charge >= 0.3 is 0 Å². The summed E-state index contributed by atoms with van der Waals surface area (Å²) in [6, 6.07) is 69.4.